The van der Waals surface area contributed by atoms with Crippen LogP contribution in [0, 0.1) is 5.41 Å². The van der Waals surface area contributed by atoms with Crippen LogP contribution in [0.2, 0.25) is 4.34 Å². The van der Waals surface area contributed by atoms with Crippen LogP contribution in [-0.2, 0) is 0 Å². The summed E-state index contributed by atoms with van der Waals surface area (Å²) >= 11 is 7.14. The van der Waals surface area contributed by atoms with Gasteiger partial charge in [0.25, 0.3) is 5.91 Å². The van der Waals surface area contributed by atoms with Crippen LogP contribution >= 0.6 is 22.9 Å². The lowest BCUT2D eigenvalue weighted by atomic mass is 9.92. The molecular formula is C12H16ClNOS. The molecule has 1 N–H and O–H groups in total. The first-order valence-electron chi connectivity index (χ1n) is 5.52. The third-order valence-electron chi connectivity index (χ3n) is 3.10. The maximum atomic E-state index is 11.9. The molecule has 0 bridgehead atoms. The normalized spacial score (nSPS) is 23.3. The van der Waals surface area contributed by atoms with Crippen LogP contribution in [0.1, 0.15) is 42.8 Å². The largest absolute Gasteiger partial charge is 0.349 e. The second-order valence-electron chi connectivity index (χ2n) is 5.18. The van der Waals surface area contributed by atoms with Crippen molar-refractivity contribution in [2.45, 2.75) is 39.2 Å². The first-order chi connectivity index (χ1) is 7.46. The van der Waals surface area contributed by atoms with Crippen molar-refractivity contribution in [3.63, 3.8) is 0 Å². The molecule has 0 saturated heterocycles. The maximum absolute atomic E-state index is 11.9. The molecule has 4 heteroatoms. The molecule has 0 aromatic carbocycles. The number of amides is 1. The van der Waals surface area contributed by atoms with Gasteiger partial charge in [-0.2, -0.15) is 0 Å². The Morgan fingerprint density at radius 1 is 1.56 bits per heavy atom. The zero-order chi connectivity index (χ0) is 11.8. The van der Waals surface area contributed by atoms with E-state index in [0.717, 1.165) is 12.8 Å². The van der Waals surface area contributed by atoms with E-state index in [4.69, 9.17) is 11.6 Å². The van der Waals surface area contributed by atoms with Crippen LogP contribution < -0.4 is 5.32 Å². The van der Waals surface area contributed by atoms with Crippen LogP contribution in [0.3, 0.4) is 0 Å². The van der Waals surface area contributed by atoms with E-state index in [9.17, 15) is 4.79 Å². The maximum Gasteiger partial charge on any atom is 0.261 e. The first kappa shape index (κ1) is 11.9. The van der Waals surface area contributed by atoms with Crippen LogP contribution in [0.25, 0.3) is 0 Å². The molecular weight excluding hydrogens is 242 g/mol. The van der Waals surface area contributed by atoms with Crippen LogP contribution in [0.5, 0.6) is 0 Å². The molecule has 16 heavy (non-hydrogen) atoms. The van der Waals surface area contributed by atoms with Gasteiger partial charge in [-0.05, 0) is 36.8 Å². The molecule has 2 rings (SSSR count). The van der Waals surface area contributed by atoms with Crippen molar-refractivity contribution >= 4 is 28.8 Å². The summed E-state index contributed by atoms with van der Waals surface area (Å²) in [5.41, 5.74) is 0.366. The highest BCUT2D eigenvalue weighted by molar-refractivity contribution is 7.17. The summed E-state index contributed by atoms with van der Waals surface area (Å²) in [7, 11) is 0. The Kier molecular flexibility index (Phi) is 3.27. The Labute approximate surface area is 105 Å². The lowest BCUT2D eigenvalue weighted by molar-refractivity contribution is 0.0940. The molecule has 1 heterocycles. The molecule has 1 aliphatic carbocycles. The smallest absolute Gasteiger partial charge is 0.261 e. The fraction of sp³-hybridized carbons (Fsp3) is 0.583. The molecule has 0 aliphatic heterocycles. The van der Waals surface area contributed by atoms with E-state index < -0.39 is 0 Å². The van der Waals surface area contributed by atoms with E-state index in [2.05, 4.69) is 19.2 Å². The van der Waals surface area contributed by atoms with Crippen LogP contribution in [0.15, 0.2) is 12.1 Å². The van der Waals surface area contributed by atoms with Crippen LogP contribution in [-0.4, -0.2) is 11.9 Å². The monoisotopic (exact) mass is 257 g/mol. The van der Waals surface area contributed by atoms with Gasteiger partial charge >= 0.3 is 0 Å². The number of hydrogen-bond acceptors (Lipinski definition) is 2. The summed E-state index contributed by atoms with van der Waals surface area (Å²) in [6.45, 7) is 4.50. The molecule has 1 aliphatic rings. The summed E-state index contributed by atoms with van der Waals surface area (Å²) in [5.74, 6) is 0.0135. The summed E-state index contributed by atoms with van der Waals surface area (Å²) in [4.78, 5) is 12.6. The Morgan fingerprint density at radius 2 is 2.31 bits per heavy atom. The average molecular weight is 258 g/mol. The molecule has 1 saturated carbocycles. The van der Waals surface area contributed by atoms with E-state index in [1.807, 2.05) is 0 Å². The Bertz CT molecular complexity index is 399. The number of halogens is 1. The summed E-state index contributed by atoms with van der Waals surface area (Å²) < 4.78 is 0.664. The highest BCUT2D eigenvalue weighted by atomic mass is 35.5. The number of carbonyl (C=O) groups excluding carboxylic acids is 1. The quantitative estimate of drug-likeness (QED) is 0.860. The zero-order valence-electron chi connectivity index (χ0n) is 9.55. The molecule has 88 valence electrons. The molecule has 1 atom stereocenters. The van der Waals surface area contributed by atoms with Crippen molar-refractivity contribution in [1.82, 2.24) is 5.32 Å². The Balaban J connectivity index is 1.94. The van der Waals surface area contributed by atoms with Gasteiger partial charge in [0, 0.05) is 6.04 Å². The second kappa shape index (κ2) is 4.38. The molecule has 1 amide bonds. The SMILES string of the molecule is CC1(C)CCC(NC(=O)c2ccc(Cl)s2)C1. The standard InChI is InChI=1S/C12H16ClNOS/c1-12(2)6-5-8(7-12)14-11(15)9-3-4-10(13)16-9/h3-4,8H,5-7H2,1-2H3,(H,14,15). The number of rotatable bonds is 2. The van der Waals surface area contributed by atoms with Gasteiger partial charge < -0.3 is 5.32 Å². The zero-order valence-corrected chi connectivity index (χ0v) is 11.1. The molecule has 1 fully saturated rings. The number of hydrogen-bond donors (Lipinski definition) is 1. The van der Waals surface area contributed by atoms with Crippen molar-refractivity contribution in [2.75, 3.05) is 0 Å². The first-order valence-corrected chi connectivity index (χ1v) is 6.72. The predicted molar refractivity (Wildman–Crippen MR) is 68.2 cm³/mol. The highest BCUT2D eigenvalue weighted by Crippen LogP contribution is 2.37. The summed E-state index contributed by atoms with van der Waals surface area (Å²) in [6, 6.07) is 3.87. The van der Waals surface area contributed by atoms with Crippen molar-refractivity contribution in [1.29, 1.82) is 0 Å². The minimum Gasteiger partial charge on any atom is -0.349 e. The van der Waals surface area contributed by atoms with E-state index in [1.165, 1.54) is 17.8 Å². The molecule has 1 aromatic rings. The minimum atomic E-state index is 0.0135. The number of nitrogens with one attached hydrogen (secondary N) is 1. The minimum absolute atomic E-state index is 0.0135. The lowest BCUT2D eigenvalue weighted by Crippen LogP contribution is -2.32. The lowest BCUT2D eigenvalue weighted by Gasteiger charge is -2.17. The number of carbonyl (C=O) groups is 1. The highest BCUT2D eigenvalue weighted by Gasteiger charge is 2.31. The van der Waals surface area contributed by atoms with Crippen molar-refractivity contribution < 1.29 is 4.79 Å². The van der Waals surface area contributed by atoms with Gasteiger partial charge in [-0.1, -0.05) is 25.4 Å². The molecule has 1 aromatic heterocycles. The average Bonchev–Trinajstić information content (AvgIpc) is 2.73. The van der Waals surface area contributed by atoms with Gasteiger partial charge in [0.2, 0.25) is 0 Å². The Morgan fingerprint density at radius 3 is 2.81 bits per heavy atom. The predicted octanol–water partition coefficient (Wildman–Crippen LogP) is 3.71. The third-order valence-corrected chi connectivity index (χ3v) is 4.33. The third kappa shape index (κ3) is 2.77. The van der Waals surface area contributed by atoms with E-state index in [1.54, 1.807) is 12.1 Å². The van der Waals surface area contributed by atoms with Gasteiger partial charge in [-0.25, -0.2) is 0 Å². The van der Waals surface area contributed by atoms with Crippen molar-refractivity contribution in [3.8, 4) is 0 Å². The fourth-order valence-electron chi connectivity index (χ4n) is 2.25. The van der Waals surface area contributed by atoms with E-state index >= 15 is 0 Å². The van der Waals surface area contributed by atoms with Gasteiger partial charge in [0.15, 0.2) is 0 Å². The topological polar surface area (TPSA) is 29.1 Å². The Hall–Kier alpha value is -0.540. The van der Waals surface area contributed by atoms with Crippen molar-refractivity contribution in [2.24, 2.45) is 5.41 Å². The van der Waals surface area contributed by atoms with Gasteiger partial charge in [0.05, 0.1) is 9.21 Å². The molecule has 2 nitrogen and oxygen atoms in total. The van der Waals surface area contributed by atoms with E-state index in [-0.39, 0.29) is 5.91 Å². The molecule has 1 unspecified atom stereocenters. The summed E-state index contributed by atoms with van der Waals surface area (Å²) in [6.07, 6.45) is 3.33. The van der Waals surface area contributed by atoms with Gasteiger partial charge in [0.1, 0.15) is 0 Å². The van der Waals surface area contributed by atoms with Crippen LogP contribution in [0.4, 0.5) is 0 Å². The fourth-order valence-corrected chi connectivity index (χ4v) is 3.20. The molecule has 0 radical (unpaired) electrons. The summed E-state index contributed by atoms with van der Waals surface area (Å²) in [5, 5.41) is 3.08. The van der Waals surface area contributed by atoms with Gasteiger partial charge in [-0.15, -0.1) is 11.3 Å². The van der Waals surface area contributed by atoms with E-state index in [0.29, 0.717) is 20.7 Å². The number of thiophene rings is 1. The second-order valence-corrected chi connectivity index (χ2v) is 6.90. The van der Waals surface area contributed by atoms with Crippen molar-refractivity contribution in [3.05, 3.63) is 21.3 Å². The molecule has 0 spiro atoms. The van der Waals surface area contributed by atoms with Gasteiger partial charge in [-0.3, -0.25) is 4.79 Å².